The third-order valence-electron chi connectivity index (χ3n) is 2.25. The molecular weight excluding hydrogens is 194 g/mol. The molecule has 84 valence electrons. The van der Waals surface area contributed by atoms with Crippen LogP contribution in [-0.2, 0) is 11.3 Å². The molecule has 1 aromatic heterocycles. The molecule has 0 saturated carbocycles. The van der Waals surface area contributed by atoms with Crippen molar-refractivity contribution >= 4 is 5.97 Å². The van der Waals surface area contributed by atoms with Gasteiger partial charge < -0.3 is 9.52 Å². The van der Waals surface area contributed by atoms with Gasteiger partial charge in [0.2, 0.25) is 0 Å². The van der Waals surface area contributed by atoms with Crippen molar-refractivity contribution in [2.45, 2.75) is 20.4 Å². The van der Waals surface area contributed by atoms with Gasteiger partial charge in [-0.15, -0.1) is 0 Å². The molecule has 0 spiro atoms. The van der Waals surface area contributed by atoms with Gasteiger partial charge in [0.05, 0.1) is 18.2 Å². The zero-order chi connectivity index (χ0) is 11.5. The van der Waals surface area contributed by atoms with Gasteiger partial charge >= 0.3 is 5.97 Å². The van der Waals surface area contributed by atoms with E-state index >= 15 is 0 Å². The average molecular weight is 211 g/mol. The van der Waals surface area contributed by atoms with Crippen LogP contribution in [0.4, 0.5) is 0 Å². The minimum atomic E-state index is -0.784. The van der Waals surface area contributed by atoms with E-state index in [1.807, 2.05) is 24.1 Å². The lowest BCUT2D eigenvalue weighted by molar-refractivity contribution is -0.147. The number of carboxylic acids is 1. The molecule has 1 aromatic rings. The van der Waals surface area contributed by atoms with Crippen molar-refractivity contribution in [1.82, 2.24) is 4.90 Å². The van der Waals surface area contributed by atoms with Crippen LogP contribution in [-0.4, -0.2) is 29.6 Å². The van der Waals surface area contributed by atoms with Gasteiger partial charge in [-0.3, -0.25) is 9.69 Å². The van der Waals surface area contributed by atoms with Crippen molar-refractivity contribution in [3.8, 4) is 0 Å². The molecule has 15 heavy (non-hydrogen) atoms. The predicted octanol–water partition coefficient (Wildman–Crippen LogP) is 1.82. The minimum Gasteiger partial charge on any atom is -0.481 e. The SMILES string of the molecule is CN(Cc1ccco1)CC(C)(C)C(=O)O. The molecule has 0 aliphatic heterocycles. The molecule has 1 heterocycles. The Morgan fingerprint density at radius 1 is 1.60 bits per heavy atom. The Balaban J connectivity index is 2.49. The van der Waals surface area contributed by atoms with Crippen molar-refractivity contribution in [3.63, 3.8) is 0 Å². The van der Waals surface area contributed by atoms with Gasteiger partial charge in [0.25, 0.3) is 0 Å². The van der Waals surface area contributed by atoms with E-state index in [9.17, 15) is 4.79 Å². The number of hydrogen-bond donors (Lipinski definition) is 1. The highest BCUT2D eigenvalue weighted by molar-refractivity contribution is 5.73. The topological polar surface area (TPSA) is 53.7 Å². The smallest absolute Gasteiger partial charge is 0.310 e. The fraction of sp³-hybridized carbons (Fsp3) is 0.545. The summed E-state index contributed by atoms with van der Waals surface area (Å²) in [6, 6.07) is 3.70. The van der Waals surface area contributed by atoms with E-state index < -0.39 is 11.4 Å². The molecule has 0 aromatic carbocycles. The highest BCUT2D eigenvalue weighted by Crippen LogP contribution is 2.17. The van der Waals surface area contributed by atoms with Crippen molar-refractivity contribution in [3.05, 3.63) is 24.2 Å². The van der Waals surface area contributed by atoms with Gasteiger partial charge in [-0.1, -0.05) is 0 Å². The van der Waals surface area contributed by atoms with Crippen LogP contribution in [0.2, 0.25) is 0 Å². The Morgan fingerprint density at radius 3 is 2.73 bits per heavy atom. The fourth-order valence-electron chi connectivity index (χ4n) is 1.47. The van der Waals surface area contributed by atoms with E-state index in [0.29, 0.717) is 13.1 Å². The average Bonchev–Trinajstić information content (AvgIpc) is 2.54. The van der Waals surface area contributed by atoms with Crippen molar-refractivity contribution in [2.75, 3.05) is 13.6 Å². The van der Waals surface area contributed by atoms with Crippen LogP contribution in [0.3, 0.4) is 0 Å². The predicted molar refractivity (Wildman–Crippen MR) is 56.5 cm³/mol. The summed E-state index contributed by atoms with van der Waals surface area (Å²) in [5, 5.41) is 8.97. The van der Waals surface area contributed by atoms with Gasteiger partial charge in [-0.05, 0) is 33.0 Å². The molecule has 1 N–H and O–H groups in total. The van der Waals surface area contributed by atoms with Gasteiger partial charge in [0.15, 0.2) is 0 Å². The van der Waals surface area contributed by atoms with E-state index in [4.69, 9.17) is 9.52 Å². The highest BCUT2D eigenvalue weighted by Gasteiger charge is 2.28. The van der Waals surface area contributed by atoms with Crippen LogP contribution in [0.15, 0.2) is 22.8 Å². The monoisotopic (exact) mass is 211 g/mol. The van der Waals surface area contributed by atoms with Crippen LogP contribution in [0, 0.1) is 5.41 Å². The van der Waals surface area contributed by atoms with Crippen molar-refractivity contribution in [1.29, 1.82) is 0 Å². The molecule has 0 aliphatic rings. The molecule has 0 unspecified atom stereocenters. The molecule has 0 aliphatic carbocycles. The summed E-state index contributed by atoms with van der Waals surface area (Å²) in [6.45, 7) is 4.55. The quantitative estimate of drug-likeness (QED) is 0.807. The summed E-state index contributed by atoms with van der Waals surface area (Å²) in [5.41, 5.74) is -0.735. The maximum atomic E-state index is 10.9. The number of hydrogen-bond acceptors (Lipinski definition) is 3. The van der Waals surface area contributed by atoms with Gasteiger partial charge in [-0.2, -0.15) is 0 Å². The Hall–Kier alpha value is -1.29. The van der Waals surface area contributed by atoms with Crippen LogP contribution >= 0.6 is 0 Å². The fourth-order valence-corrected chi connectivity index (χ4v) is 1.47. The number of nitrogens with zero attached hydrogens (tertiary/aromatic N) is 1. The third kappa shape index (κ3) is 3.40. The second-order valence-corrected chi connectivity index (χ2v) is 4.44. The summed E-state index contributed by atoms with van der Waals surface area (Å²) in [5.74, 6) is 0.0625. The zero-order valence-electron chi connectivity index (χ0n) is 9.36. The third-order valence-corrected chi connectivity index (χ3v) is 2.25. The Labute approximate surface area is 89.5 Å². The van der Waals surface area contributed by atoms with E-state index in [1.165, 1.54) is 0 Å². The number of rotatable bonds is 5. The highest BCUT2D eigenvalue weighted by atomic mass is 16.4. The van der Waals surface area contributed by atoms with Crippen molar-refractivity contribution < 1.29 is 14.3 Å². The first-order valence-corrected chi connectivity index (χ1v) is 4.86. The summed E-state index contributed by atoms with van der Waals surface area (Å²) < 4.78 is 5.19. The number of carboxylic acid groups (broad SMARTS) is 1. The first kappa shape index (κ1) is 11.8. The number of aliphatic carboxylic acids is 1. The standard InChI is InChI=1S/C11H17NO3/c1-11(2,10(13)14)8-12(3)7-9-5-4-6-15-9/h4-6H,7-8H2,1-3H3,(H,13,14). The molecule has 4 nitrogen and oxygen atoms in total. The Kier molecular flexibility index (Phi) is 3.52. The maximum Gasteiger partial charge on any atom is 0.310 e. The normalized spacial score (nSPS) is 12.0. The molecule has 4 heteroatoms. The van der Waals surface area contributed by atoms with E-state index in [0.717, 1.165) is 5.76 Å². The largest absolute Gasteiger partial charge is 0.481 e. The second kappa shape index (κ2) is 4.49. The van der Waals surface area contributed by atoms with Crippen LogP contribution in [0.5, 0.6) is 0 Å². The zero-order valence-corrected chi connectivity index (χ0v) is 9.36. The molecule has 0 atom stereocenters. The molecule has 0 fully saturated rings. The lowest BCUT2D eigenvalue weighted by Gasteiger charge is -2.25. The molecular formula is C11H17NO3. The summed E-state index contributed by atoms with van der Waals surface area (Å²) >= 11 is 0. The number of furan rings is 1. The van der Waals surface area contributed by atoms with E-state index in [2.05, 4.69) is 0 Å². The molecule has 0 saturated heterocycles. The maximum absolute atomic E-state index is 10.9. The minimum absolute atomic E-state index is 0.489. The second-order valence-electron chi connectivity index (χ2n) is 4.44. The number of carbonyl (C=O) groups is 1. The molecule has 0 bridgehead atoms. The van der Waals surface area contributed by atoms with E-state index in [-0.39, 0.29) is 0 Å². The lowest BCUT2D eigenvalue weighted by Crippen LogP contribution is -2.36. The summed E-state index contributed by atoms with van der Waals surface area (Å²) in [7, 11) is 1.88. The van der Waals surface area contributed by atoms with E-state index in [1.54, 1.807) is 20.1 Å². The first-order chi connectivity index (χ1) is 6.92. The van der Waals surface area contributed by atoms with Crippen LogP contribution in [0.1, 0.15) is 19.6 Å². The molecule has 0 radical (unpaired) electrons. The Morgan fingerprint density at radius 2 is 2.27 bits per heavy atom. The van der Waals surface area contributed by atoms with Crippen molar-refractivity contribution in [2.24, 2.45) is 5.41 Å². The Bertz CT molecular complexity index is 317. The summed E-state index contributed by atoms with van der Waals surface area (Å²) in [6.07, 6.45) is 1.62. The summed E-state index contributed by atoms with van der Waals surface area (Å²) in [4.78, 5) is 12.8. The van der Waals surface area contributed by atoms with Gasteiger partial charge in [0.1, 0.15) is 5.76 Å². The molecule has 0 amide bonds. The van der Waals surface area contributed by atoms with Gasteiger partial charge in [0, 0.05) is 6.54 Å². The van der Waals surface area contributed by atoms with Gasteiger partial charge in [-0.25, -0.2) is 0 Å². The first-order valence-electron chi connectivity index (χ1n) is 4.86. The lowest BCUT2D eigenvalue weighted by atomic mass is 9.93. The van der Waals surface area contributed by atoms with Crippen LogP contribution in [0.25, 0.3) is 0 Å². The molecule has 1 rings (SSSR count). The van der Waals surface area contributed by atoms with Crippen LogP contribution < -0.4 is 0 Å².